The molecule has 7 heteroatoms. The van der Waals surface area contributed by atoms with Gasteiger partial charge in [0.15, 0.2) is 0 Å². The molecule has 1 aliphatic rings. The topological polar surface area (TPSA) is 95.9 Å². The smallest absolute Gasteiger partial charge is 0.408 e. The third-order valence-electron chi connectivity index (χ3n) is 3.15. The molecular weight excluding hydrogens is 276 g/mol. The van der Waals surface area contributed by atoms with Gasteiger partial charge < -0.3 is 20.1 Å². The van der Waals surface area contributed by atoms with E-state index >= 15 is 0 Å². The second-order valence-electron chi connectivity index (χ2n) is 6.16. The number of hydrogen-bond donors (Lipinski definition) is 2. The monoisotopic (exact) mass is 300 g/mol. The van der Waals surface area contributed by atoms with Crippen LogP contribution in [0.25, 0.3) is 0 Å². The number of rotatable bonds is 5. The van der Waals surface area contributed by atoms with Crippen LogP contribution in [-0.4, -0.2) is 52.2 Å². The van der Waals surface area contributed by atoms with Crippen LogP contribution in [0.15, 0.2) is 0 Å². The Morgan fingerprint density at radius 1 is 1.48 bits per heavy atom. The Kier molecular flexibility index (Phi) is 5.57. The molecule has 0 radical (unpaired) electrons. The van der Waals surface area contributed by atoms with E-state index in [1.807, 2.05) is 6.92 Å². The summed E-state index contributed by atoms with van der Waals surface area (Å²) < 4.78 is 5.10. The molecule has 7 nitrogen and oxygen atoms in total. The molecule has 2 amide bonds. The van der Waals surface area contributed by atoms with E-state index in [0.717, 1.165) is 0 Å². The zero-order valence-electron chi connectivity index (χ0n) is 13.0. The van der Waals surface area contributed by atoms with Gasteiger partial charge >= 0.3 is 12.1 Å². The third kappa shape index (κ3) is 4.91. The van der Waals surface area contributed by atoms with Gasteiger partial charge in [-0.1, -0.05) is 13.3 Å². The number of amides is 2. The lowest BCUT2D eigenvalue weighted by atomic mass is 10.1. The molecule has 0 aliphatic carbocycles. The number of nitrogens with zero attached hydrogens (tertiary/aromatic N) is 1. The van der Waals surface area contributed by atoms with E-state index in [0.29, 0.717) is 25.8 Å². The molecule has 120 valence electrons. The lowest BCUT2D eigenvalue weighted by molar-refractivity contribution is -0.149. The lowest BCUT2D eigenvalue weighted by Gasteiger charge is -2.25. The van der Waals surface area contributed by atoms with Gasteiger partial charge in [-0.3, -0.25) is 4.79 Å². The number of nitrogens with one attached hydrogen (secondary N) is 1. The lowest BCUT2D eigenvalue weighted by Crippen LogP contribution is -2.48. The van der Waals surface area contributed by atoms with Crippen LogP contribution in [0, 0.1) is 0 Å². The number of carboxylic acids is 1. The van der Waals surface area contributed by atoms with Crippen LogP contribution in [0.4, 0.5) is 4.79 Å². The van der Waals surface area contributed by atoms with Crippen LogP contribution < -0.4 is 5.32 Å². The first-order chi connectivity index (χ1) is 9.65. The van der Waals surface area contributed by atoms with Gasteiger partial charge in [0.05, 0.1) is 0 Å². The summed E-state index contributed by atoms with van der Waals surface area (Å²) in [6.45, 7) is 7.40. The maximum absolute atomic E-state index is 12.2. The summed E-state index contributed by atoms with van der Waals surface area (Å²) in [5.74, 6) is -1.37. The molecule has 1 aliphatic heterocycles. The molecule has 0 aromatic carbocycles. The highest BCUT2D eigenvalue weighted by Gasteiger charge is 2.39. The van der Waals surface area contributed by atoms with Crippen molar-refractivity contribution in [2.75, 3.05) is 6.54 Å². The average molecular weight is 300 g/mol. The fourth-order valence-electron chi connectivity index (χ4n) is 2.28. The highest BCUT2D eigenvalue weighted by atomic mass is 16.6. The number of carboxylic acid groups (broad SMARTS) is 1. The summed E-state index contributed by atoms with van der Waals surface area (Å²) in [5, 5.41) is 11.7. The third-order valence-corrected chi connectivity index (χ3v) is 3.15. The molecule has 0 bridgehead atoms. The maximum atomic E-state index is 12.2. The number of alkyl carbamates (subject to hydrolysis) is 1. The quantitative estimate of drug-likeness (QED) is 0.799. The van der Waals surface area contributed by atoms with Crippen molar-refractivity contribution in [2.24, 2.45) is 0 Å². The molecule has 1 heterocycles. The predicted octanol–water partition coefficient (Wildman–Crippen LogP) is 1.37. The van der Waals surface area contributed by atoms with Crippen molar-refractivity contribution in [1.82, 2.24) is 10.2 Å². The largest absolute Gasteiger partial charge is 0.480 e. The molecule has 2 atom stereocenters. The van der Waals surface area contributed by atoms with E-state index in [1.165, 1.54) is 4.90 Å². The van der Waals surface area contributed by atoms with Gasteiger partial charge in [0.1, 0.15) is 17.7 Å². The van der Waals surface area contributed by atoms with Crippen molar-refractivity contribution < 1.29 is 24.2 Å². The summed E-state index contributed by atoms with van der Waals surface area (Å²) in [6.07, 6.45) is 0.807. The minimum Gasteiger partial charge on any atom is -0.480 e. The molecule has 1 unspecified atom stereocenters. The number of likely N-dealkylation sites (tertiary alicyclic amines) is 1. The van der Waals surface area contributed by atoms with Crippen LogP contribution >= 0.6 is 0 Å². The summed E-state index contributed by atoms with van der Waals surface area (Å²) in [7, 11) is 0. The normalized spacial score (nSPS) is 20.3. The van der Waals surface area contributed by atoms with Gasteiger partial charge in [-0.2, -0.15) is 0 Å². The Bertz CT molecular complexity index is 416. The number of carbonyl (C=O) groups is 3. The molecule has 0 spiro atoms. The SMILES string of the molecule is CCCC(C(=O)O)N1CC[C@@H](NC(=O)OC(C)(C)C)C1=O. The molecular formula is C14H24N2O5. The fourth-order valence-corrected chi connectivity index (χ4v) is 2.28. The summed E-state index contributed by atoms with van der Waals surface area (Å²) >= 11 is 0. The molecule has 0 saturated carbocycles. The zero-order chi connectivity index (χ0) is 16.2. The van der Waals surface area contributed by atoms with Gasteiger partial charge in [0.2, 0.25) is 5.91 Å². The first-order valence-corrected chi connectivity index (χ1v) is 7.18. The zero-order valence-corrected chi connectivity index (χ0v) is 13.0. The second-order valence-corrected chi connectivity index (χ2v) is 6.16. The van der Waals surface area contributed by atoms with Crippen LogP contribution in [0.1, 0.15) is 47.0 Å². The predicted molar refractivity (Wildman–Crippen MR) is 75.8 cm³/mol. The molecule has 1 fully saturated rings. The van der Waals surface area contributed by atoms with Crippen LogP contribution in [0.2, 0.25) is 0 Å². The van der Waals surface area contributed by atoms with Crippen molar-refractivity contribution in [3.8, 4) is 0 Å². The number of carbonyl (C=O) groups excluding carboxylic acids is 2. The van der Waals surface area contributed by atoms with E-state index in [9.17, 15) is 19.5 Å². The van der Waals surface area contributed by atoms with Gasteiger partial charge in [-0.25, -0.2) is 9.59 Å². The van der Waals surface area contributed by atoms with E-state index < -0.39 is 29.7 Å². The summed E-state index contributed by atoms with van der Waals surface area (Å²) in [4.78, 5) is 36.5. The molecule has 1 saturated heterocycles. The Balaban J connectivity index is 2.64. The van der Waals surface area contributed by atoms with Gasteiger partial charge in [0.25, 0.3) is 0 Å². The molecule has 21 heavy (non-hydrogen) atoms. The highest BCUT2D eigenvalue weighted by molar-refractivity contribution is 5.91. The minimum atomic E-state index is -1.01. The first kappa shape index (κ1) is 17.3. The van der Waals surface area contributed by atoms with Crippen molar-refractivity contribution >= 4 is 18.0 Å². The second kappa shape index (κ2) is 6.78. The Morgan fingerprint density at radius 2 is 2.10 bits per heavy atom. The highest BCUT2D eigenvalue weighted by Crippen LogP contribution is 2.18. The molecule has 0 aromatic rings. The number of aliphatic carboxylic acids is 1. The van der Waals surface area contributed by atoms with Crippen LogP contribution in [-0.2, 0) is 14.3 Å². The summed E-state index contributed by atoms with van der Waals surface area (Å²) in [6, 6.07) is -1.54. The van der Waals surface area contributed by atoms with E-state index in [1.54, 1.807) is 20.8 Å². The fraction of sp³-hybridized carbons (Fsp3) is 0.786. The standard InChI is InChI=1S/C14H24N2O5/c1-5-6-10(12(18)19)16-8-7-9(11(16)17)15-13(20)21-14(2,3)4/h9-10H,5-8H2,1-4H3,(H,15,20)(H,18,19)/t9-,10?/m1/s1. The van der Waals surface area contributed by atoms with Gasteiger partial charge in [-0.15, -0.1) is 0 Å². The van der Waals surface area contributed by atoms with Crippen molar-refractivity contribution in [1.29, 1.82) is 0 Å². The van der Waals surface area contributed by atoms with Crippen molar-refractivity contribution in [2.45, 2.75) is 64.6 Å². The maximum Gasteiger partial charge on any atom is 0.408 e. The Labute approximate surface area is 124 Å². The molecule has 0 aromatic heterocycles. The van der Waals surface area contributed by atoms with Gasteiger partial charge in [0, 0.05) is 6.54 Å². The Hall–Kier alpha value is -1.79. The van der Waals surface area contributed by atoms with Crippen molar-refractivity contribution in [3.05, 3.63) is 0 Å². The van der Waals surface area contributed by atoms with Crippen LogP contribution in [0.3, 0.4) is 0 Å². The van der Waals surface area contributed by atoms with Crippen molar-refractivity contribution in [3.63, 3.8) is 0 Å². The molecule has 1 rings (SSSR count). The van der Waals surface area contributed by atoms with E-state index in [2.05, 4.69) is 5.32 Å². The molecule has 2 N–H and O–H groups in total. The van der Waals surface area contributed by atoms with E-state index in [-0.39, 0.29) is 5.91 Å². The van der Waals surface area contributed by atoms with Crippen LogP contribution in [0.5, 0.6) is 0 Å². The van der Waals surface area contributed by atoms with E-state index in [4.69, 9.17) is 4.74 Å². The van der Waals surface area contributed by atoms with Gasteiger partial charge in [-0.05, 0) is 33.6 Å². The number of ether oxygens (including phenoxy) is 1. The Morgan fingerprint density at radius 3 is 2.57 bits per heavy atom. The first-order valence-electron chi connectivity index (χ1n) is 7.18. The summed E-state index contributed by atoms with van der Waals surface area (Å²) in [5.41, 5.74) is -0.642. The average Bonchev–Trinajstić information content (AvgIpc) is 2.65. The minimum absolute atomic E-state index is 0.330. The number of hydrogen-bond acceptors (Lipinski definition) is 4.